The lowest BCUT2D eigenvalue weighted by molar-refractivity contribution is -0.132. The molecule has 0 bridgehead atoms. The molecular formula is C17H22N2O. The van der Waals surface area contributed by atoms with Gasteiger partial charge in [0, 0.05) is 13.1 Å². The predicted octanol–water partition coefficient (Wildman–Crippen LogP) is 2.87. The molecule has 0 N–H and O–H groups in total. The normalized spacial score (nSPS) is 19.9. The van der Waals surface area contributed by atoms with Gasteiger partial charge in [0.15, 0.2) is 0 Å². The molecule has 0 radical (unpaired) electrons. The third-order valence-electron chi connectivity index (χ3n) is 4.22. The van der Waals surface area contributed by atoms with Crippen LogP contribution < -0.4 is 0 Å². The SMILES string of the molecule is CC(C)C1CCN(C(=O)C(C#N)Cc2ccccc2)C1. The van der Waals surface area contributed by atoms with Crippen molar-refractivity contribution in [3.8, 4) is 6.07 Å². The van der Waals surface area contributed by atoms with Gasteiger partial charge < -0.3 is 4.90 Å². The summed E-state index contributed by atoms with van der Waals surface area (Å²) in [6, 6.07) is 12.0. The molecule has 1 saturated heterocycles. The van der Waals surface area contributed by atoms with E-state index in [2.05, 4.69) is 19.9 Å². The van der Waals surface area contributed by atoms with Gasteiger partial charge in [-0.1, -0.05) is 44.2 Å². The minimum Gasteiger partial charge on any atom is -0.341 e. The molecule has 2 rings (SSSR count). The average Bonchev–Trinajstić information content (AvgIpc) is 2.95. The second-order valence-corrected chi connectivity index (χ2v) is 5.95. The summed E-state index contributed by atoms with van der Waals surface area (Å²) in [5.74, 6) is 0.625. The van der Waals surface area contributed by atoms with Crippen molar-refractivity contribution in [2.75, 3.05) is 13.1 Å². The number of likely N-dealkylation sites (tertiary alicyclic amines) is 1. The minimum absolute atomic E-state index is 0.000460. The maximum atomic E-state index is 12.5. The largest absolute Gasteiger partial charge is 0.341 e. The Labute approximate surface area is 121 Å². The highest BCUT2D eigenvalue weighted by atomic mass is 16.2. The van der Waals surface area contributed by atoms with Gasteiger partial charge >= 0.3 is 0 Å². The molecule has 1 amide bonds. The summed E-state index contributed by atoms with van der Waals surface area (Å²) in [5.41, 5.74) is 1.05. The van der Waals surface area contributed by atoms with Crippen LogP contribution in [-0.2, 0) is 11.2 Å². The topological polar surface area (TPSA) is 44.1 Å². The van der Waals surface area contributed by atoms with E-state index in [1.165, 1.54) is 0 Å². The van der Waals surface area contributed by atoms with E-state index >= 15 is 0 Å². The summed E-state index contributed by atoms with van der Waals surface area (Å²) in [6.45, 7) is 6.01. The first-order valence-corrected chi connectivity index (χ1v) is 7.34. The summed E-state index contributed by atoms with van der Waals surface area (Å²) < 4.78 is 0. The lowest BCUT2D eigenvalue weighted by Crippen LogP contribution is -2.35. The molecule has 3 nitrogen and oxygen atoms in total. The minimum atomic E-state index is -0.552. The van der Waals surface area contributed by atoms with Gasteiger partial charge in [-0.3, -0.25) is 4.79 Å². The number of benzene rings is 1. The summed E-state index contributed by atoms with van der Waals surface area (Å²) in [5, 5.41) is 9.30. The summed E-state index contributed by atoms with van der Waals surface area (Å²) >= 11 is 0. The molecule has 3 heteroatoms. The first-order valence-electron chi connectivity index (χ1n) is 7.34. The van der Waals surface area contributed by atoms with Crippen LogP contribution in [0.25, 0.3) is 0 Å². The number of carbonyl (C=O) groups is 1. The maximum absolute atomic E-state index is 12.5. The van der Waals surface area contributed by atoms with Crippen molar-refractivity contribution >= 4 is 5.91 Å². The highest BCUT2D eigenvalue weighted by Gasteiger charge is 2.32. The molecule has 1 fully saturated rings. The Hall–Kier alpha value is -1.82. The smallest absolute Gasteiger partial charge is 0.240 e. The molecule has 0 aliphatic carbocycles. The fourth-order valence-corrected chi connectivity index (χ4v) is 2.79. The molecule has 2 atom stereocenters. The molecule has 0 spiro atoms. The van der Waals surface area contributed by atoms with Crippen molar-refractivity contribution < 1.29 is 4.79 Å². The number of carbonyl (C=O) groups excluding carboxylic acids is 1. The summed E-state index contributed by atoms with van der Waals surface area (Å²) in [7, 11) is 0. The summed E-state index contributed by atoms with van der Waals surface area (Å²) in [4.78, 5) is 14.3. The molecule has 0 aromatic heterocycles. The Morgan fingerprint density at radius 1 is 1.40 bits per heavy atom. The van der Waals surface area contributed by atoms with E-state index < -0.39 is 5.92 Å². The Kier molecular flexibility index (Phi) is 4.79. The zero-order chi connectivity index (χ0) is 14.5. The quantitative estimate of drug-likeness (QED) is 0.844. The standard InChI is InChI=1S/C17H22N2O/c1-13(2)15-8-9-19(12-15)17(20)16(11-18)10-14-6-4-3-5-7-14/h3-7,13,15-16H,8-10,12H2,1-2H3. The Bertz CT molecular complexity index is 489. The second-order valence-electron chi connectivity index (χ2n) is 5.95. The number of nitriles is 1. The van der Waals surface area contributed by atoms with Crippen LogP contribution in [0.5, 0.6) is 0 Å². The molecule has 106 valence electrons. The van der Waals surface area contributed by atoms with Gasteiger partial charge in [-0.25, -0.2) is 0 Å². The highest BCUT2D eigenvalue weighted by molar-refractivity contribution is 5.81. The zero-order valence-corrected chi connectivity index (χ0v) is 12.2. The summed E-state index contributed by atoms with van der Waals surface area (Å²) in [6.07, 6.45) is 1.58. The molecule has 20 heavy (non-hydrogen) atoms. The molecule has 1 heterocycles. The first kappa shape index (κ1) is 14.6. The molecule has 0 saturated carbocycles. The third kappa shape index (κ3) is 3.39. The van der Waals surface area contributed by atoms with E-state index in [9.17, 15) is 10.1 Å². The van der Waals surface area contributed by atoms with Gasteiger partial charge in [0.1, 0.15) is 5.92 Å². The average molecular weight is 270 g/mol. The molecule has 1 aliphatic rings. The van der Waals surface area contributed by atoms with Crippen molar-refractivity contribution in [3.05, 3.63) is 35.9 Å². The number of amides is 1. The van der Waals surface area contributed by atoms with E-state index in [1.54, 1.807) is 0 Å². The molecule has 1 aromatic carbocycles. The monoisotopic (exact) mass is 270 g/mol. The van der Waals surface area contributed by atoms with Gasteiger partial charge in [-0.15, -0.1) is 0 Å². The molecule has 2 unspecified atom stereocenters. The maximum Gasteiger partial charge on any atom is 0.240 e. The molecule has 1 aromatic rings. The van der Waals surface area contributed by atoms with Crippen molar-refractivity contribution in [1.29, 1.82) is 5.26 Å². The van der Waals surface area contributed by atoms with E-state index in [0.29, 0.717) is 18.3 Å². The van der Waals surface area contributed by atoms with Crippen LogP contribution in [0, 0.1) is 29.1 Å². The van der Waals surface area contributed by atoms with E-state index in [-0.39, 0.29) is 5.91 Å². The van der Waals surface area contributed by atoms with Crippen molar-refractivity contribution in [2.24, 2.45) is 17.8 Å². The Morgan fingerprint density at radius 3 is 2.65 bits per heavy atom. The van der Waals surface area contributed by atoms with Gasteiger partial charge in [0.05, 0.1) is 6.07 Å². The van der Waals surface area contributed by atoms with Gasteiger partial charge in [0.2, 0.25) is 5.91 Å². The fraction of sp³-hybridized carbons (Fsp3) is 0.529. The van der Waals surface area contributed by atoms with Gasteiger partial charge in [-0.05, 0) is 30.2 Å². The van der Waals surface area contributed by atoms with Crippen molar-refractivity contribution in [3.63, 3.8) is 0 Å². The number of nitrogens with zero attached hydrogens (tertiary/aromatic N) is 2. The van der Waals surface area contributed by atoms with Crippen LogP contribution in [0.1, 0.15) is 25.8 Å². The van der Waals surface area contributed by atoms with Crippen LogP contribution in [0.4, 0.5) is 0 Å². The molecular weight excluding hydrogens is 248 g/mol. The van der Waals surface area contributed by atoms with E-state index in [0.717, 1.165) is 25.1 Å². The van der Waals surface area contributed by atoms with Crippen LogP contribution in [0.2, 0.25) is 0 Å². The van der Waals surface area contributed by atoms with Gasteiger partial charge in [0.25, 0.3) is 0 Å². The highest BCUT2D eigenvalue weighted by Crippen LogP contribution is 2.25. The third-order valence-corrected chi connectivity index (χ3v) is 4.22. The lowest BCUT2D eigenvalue weighted by Gasteiger charge is -2.20. The van der Waals surface area contributed by atoms with E-state index in [1.807, 2.05) is 35.2 Å². The van der Waals surface area contributed by atoms with Crippen LogP contribution >= 0.6 is 0 Å². The number of rotatable bonds is 4. The lowest BCUT2D eigenvalue weighted by atomic mass is 9.95. The fourth-order valence-electron chi connectivity index (χ4n) is 2.79. The first-order chi connectivity index (χ1) is 9.61. The Morgan fingerprint density at radius 2 is 2.10 bits per heavy atom. The van der Waals surface area contributed by atoms with Gasteiger partial charge in [-0.2, -0.15) is 5.26 Å². The van der Waals surface area contributed by atoms with Crippen LogP contribution in [0.3, 0.4) is 0 Å². The van der Waals surface area contributed by atoms with Crippen LogP contribution in [-0.4, -0.2) is 23.9 Å². The second kappa shape index (κ2) is 6.56. The molecule has 1 aliphatic heterocycles. The van der Waals surface area contributed by atoms with Crippen molar-refractivity contribution in [2.45, 2.75) is 26.7 Å². The van der Waals surface area contributed by atoms with Crippen molar-refractivity contribution in [1.82, 2.24) is 4.90 Å². The van der Waals surface area contributed by atoms with Crippen LogP contribution in [0.15, 0.2) is 30.3 Å². The van der Waals surface area contributed by atoms with E-state index in [4.69, 9.17) is 0 Å². The Balaban J connectivity index is 1.98. The predicted molar refractivity (Wildman–Crippen MR) is 78.8 cm³/mol. The number of hydrogen-bond donors (Lipinski definition) is 0. The zero-order valence-electron chi connectivity index (χ0n) is 12.2. The number of hydrogen-bond acceptors (Lipinski definition) is 2.